The first-order valence-corrected chi connectivity index (χ1v) is 8.13. The summed E-state index contributed by atoms with van der Waals surface area (Å²) in [4.78, 5) is 0. The summed E-state index contributed by atoms with van der Waals surface area (Å²) >= 11 is 0. The Morgan fingerprint density at radius 2 is 1.44 bits per heavy atom. The van der Waals surface area contributed by atoms with Gasteiger partial charge in [-0.2, -0.15) is 0 Å². The third kappa shape index (κ3) is 5.34. The molecule has 2 aromatic carbocycles. The number of ether oxygens (including phenoxy) is 3. The highest BCUT2D eigenvalue weighted by molar-refractivity contribution is 5.53. The number of rotatable bonds is 10. The van der Waals surface area contributed by atoms with Crippen molar-refractivity contribution in [1.29, 1.82) is 0 Å². The van der Waals surface area contributed by atoms with E-state index in [1.165, 1.54) is 6.07 Å². The molecule has 0 aliphatic rings. The van der Waals surface area contributed by atoms with Gasteiger partial charge in [-0.05, 0) is 23.8 Å². The number of benzene rings is 2. The summed E-state index contributed by atoms with van der Waals surface area (Å²) in [6, 6.07) is 10.6. The minimum Gasteiger partial charge on any atom is -0.493 e. The molecule has 2 N–H and O–H groups in total. The smallest absolute Gasteiger partial charge is 0.203 e. The maximum atomic E-state index is 13.5. The standard InChI is InChI=1S/C19H25FN2O3/c1-23-17-10-14(11-18(24-2)19(17)25-3)12-21-8-9-22-13-15-6-4-5-7-16(15)20/h4-7,10-11,21-22H,8-9,12-13H2,1-3H3. The molecule has 136 valence electrons. The van der Waals surface area contributed by atoms with Crippen molar-refractivity contribution in [3.63, 3.8) is 0 Å². The van der Waals surface area contributed by atoms with Crippen molar-refractivity contribution in [2.75, 3.05) is 34.4 Å². The normalized spacial score (nSPS) is 10.6. The van der Waals surface area contributed by atoms with Crippen LogP contribution in [0.5, 0.6) is 17.2 Å². The van der Waals surface area contributed by atoms with Crippen molar-refractivity contribution in [2.45, 2.75) is 13.1 Å². The van der Waals surface area contributed by atoms with Crippen LogP contribution < -0.4 is 24.8 Å². The molecule has 6 heteroatoms. The summed E-state index contributed by atoms with van der Waals surface area (Å²) < 4.78 is 29.5. The molecule has 0 saturated carbocycles. The van der Waals surface area contributed by atoms with Crippen LogP contribution in [0, 0.1) is 5.82 Å². The van der Waals surface area contributed by atoms with E-state index in [4.69, 9.17) is 14.2 Å². The molecule has 0 atom stereocenters. The fourth-order valence-electron chi connectivity index (χ4n) is 2.51. The minimum absolute atomic E-state index is 0.180. The lowest BCUT2D eigenvalue weighted by Gasteiger charge is -2.14. The van der Waals surface area contributed by atoms with Gasteiger partial charge in [-0.1, -0.05) is 18.2 Å². The van der Waals surface area contributed by atoms with Crippen LogP contribution in [0.1, 0.15) is 11.1 Å². The predicted octanol–water partition coefficient (Wildman–Crippen LogP) is 2.73. The quantitative estimate of drug-likeness (QED) is 0.647. The van der Waals surface area contributed by atoms with Gasteiger partial charge in [0, 0.05) is 31.7 Å². The monoisotopic (exact) mass is 348 g/mol. The maximum absolute atomic E-state index is 13.5. The molecule has 0 aliphatic heterocycles. The predicted molar refractivity (Wildman–Crippen MR) is 95.9 cm³/mol. The molecular formula is C19H25FN2O3. The fourth-order valence-corrected chi connectivity index (χ4v) is 2.51. The summed E-state index contributed by atoms with van der Waals surface area (Å²) in [7, 11) is 4.78. The molecule has 25 heavy (non-hydrogen) atoms. The van der Waals surface area contributed by atoms with Crippen LogP contribution in [0.2, 0.25) is 0 Å². The van der Waals surface area contributed by atoms with Crippen molar-refractivity contribution in [2.24, 2.45) is 0 Å². The van der Waals surface area contributed by atoms with E-state index in [9.17, 15) is 4.39 Å². The Hall–Kier alpha value is -2.31. The first-order chi connectivity index (χ1) is 12.2. The van der Waals surface area contributed by atoms with E-state index in [1.807, 2.05) is 18.2 Å². The van der Waals surface area contributed by atoms with Crippen molar-refractivity contribution >= 4 is 0 Å². The third-order valence-electron chi connectivity index (χ3n) is 3.81. The Morgan fingerprint density at radius 3 is 2.00 bits per heavy atom. The highest BCUT2D eigenvalue weighted by Crippen LogP contribution is 2.38. The van der Waals surface area contributed by atoms with E-state index in [0.717, 1.165) is 18.7 Å². The average Bonchev–Trinajstić information content (AvgIpc) is 2.64. The van der Waals surface area contributed by atoms with E-state index in [2.05, 4.69) is 10.6 Å². The van der Waals surface area contributed by atoms with Gasteiger partial charge in [-0.25, -0.2) is 4.39 Å². The van der Waals surface area contributed by atoms with Crippen LogP contribution in [-0.4, -0.2) is 34.4 Å². The van der Waals surface area contributed by atoms with Crippen LogP contribution in [0.25, 0.3) is 0 Å². The van der Waals surface area contributed by atoms with Gasteiger partial charge >= 0.3 is 0 Å². The summed E-state index contributed by atoms with van der Waals surface area (Å²) in [5.41, 5.74) is 1.70. The zero-order valence-corrected chi connectivity index (χ0v) is 14.9. The van der Waals surface area contributed by atoms with Gasteiger partial charge < -0.3 is 24.8 Å². The number of nitrogens with one attached hydrogen (secondary N) is 2. The van der Waals surface area contributed by atoms with Gasteiger partial charge in [0.25, 0.3) is 0 Å². The zero-order valence-electron chi connectivity index (χ0n) is 14.9. The number of hydrogen-bond donors (Lipinski definition) is 2. The molecule has 0 bridgehead atoms. The van der Waals surface area contributed by atoms with E-state index in [-0.39, 0.29) is 5.82 Å². The summed E-state index contributed by atoms with van der Waals surface area (Å²) in [5, 5.41) is 6.55. The Labute approximate surface area is 148 Å². The first kappa shape index (κ1) is 19.0. The molecule has 0 fully saturated rings. The molecule has 2 rings (SSSR count). The Bertz CT molecular complexity index is 654. The topological polar surface area (TPSA) is 51.8 Å². The molecule has 0 aromatic heterocycles. The van der Waals surface area contributed by atoms with Gasteiger partial charge in [0.2, 0.25) is 5.75 Å². The lowest BCUT2D eigenvalue weighted by molar-refractivity contribution is 0.323. The fraction of sp³-hybridized carbons (Fsp3) is 0.368. The van der Waals surface area contributed by atoms with E-state index >= 15 is 0 Å². The van der Waals surface area contributed by atoms with Crippen molar-refractivity contribution in [3.8, 4) is 17.2 Å². The molecule has 0 aliphatic carbocycles. The second kappa shape index (κ2) is 9.86. The third-order valence-corrected chi connectivity index (χ3v) is 3.81. The molecular weight excluding hydrogens is 323 g/mol. The van der Waals surface area contributed by atoms with Crippen LogP contribution in [0.15, 0.2) is 36.4 Å². The maximum Gasteiger partial charge on any atom is 0.203 e. The molecule has 0 radical (unpaired) electrons. The number of halogens is 1. The van der Waals surface area contributed by atoms with Crippen LogP contribution in [-0.2, 0) is 13.1 Å². The largest absolute Gasteiger partial charge is 0.493 e. The molecule has 0 heterocycles. The van der Waals surface area contributed by atoms with Crippen LogP contribution in [0.4, 0.5) is 4.39 Å². The average molecular weight is 348 g/mol. The summed E-state index contributed by atoms with van der Waals surface area (Å²) in [6.07, 6.45) is 0. The first-order valence-electron chi connectivity index (χ1n) is 8.13. The highest BCUT2D eigenvalue weighted by atomic mass is 19.1. The van der Waals surface area contributed by atoms with E-state index < -0.39 is 0 Å². The van der Waals surface area contributed by atoms with E-state index in [0.29, 0.717) is 35.9 Å². The SMILES string of the molecule is COc1cc(CNCCNCc2ccccc2F)cc(OC)c1OC. The summed E-state index contributed by atoms with van der Waals surface area (Å²) in [5.74, 6) is 1.67. The van der Waals surface area contributed by atoms with Crippen molar-refractivity contribution in [3.05, 3.63) is 53.3 Å². The van der Waals surface area contributed by atoms with Crippen molar-refractivity contribution in [1.82, 2.24) is 10.6 Å². The number of hydrogen-bond acceptors (Lipinski definition) is 5. The van der Waals surface area contributed by atoms with Gasteiger partial charge in [-0.15, -0.1) is 0 Å². The Morgan fingerprint density at radius 1 is 0.840 bits per heavy atom. The molecule has 0 saturated heterocycles. The van der Waals surface area contributed by atoms with Gasteiger partial charge in [-0.3, -0.25) is 0 Å². The Kier molecular flexibility index (Phi) is 7.50. The van der Waals surface area contributed by atoms with Gasteiger partial charge in [0.15, 0.2) is 11.5 Å². The highest BCUT2D eigenvalue weighted by Gasteiger charge is 2.12. The minimum atomic E-state index is -0.180. The molecule has 2 aromatic rings. The van der Waals surface area contributed by atoms with E-state index in [1.54, 1.807) is 33.5 Å². The molecule has 0 spiro atoms. The van der Waals surface area contributed by atoms with Gasteiger partial charge in [0.1, 0.15) is 5.82 Å². The lowest BCUT2D eigenvalue weighted by Crippen LogP contribution is -2.27. The molecule has 0 amide bonds. The molecule has 0 unspecified atom stereocenters. The van der Waals surface area contributed by atoms with Gasteiger partial charge in [0.05, 0.1) is 21.3 Å². The second-order valence-electron chi connectivity index (χ2n) is 5.48. The Balaban J connectivity index is 1.79. The zero-order chi connectivity index (χ0) is 18.1. The van der Waals surface area contributed by atoms with Crippen LogP contribution >= 0.6 is 0 Å². The van der Waals surface area contributed by atoms with Crippen molar-refractivity contribution < 1.29 is 18.6 Å². The molecule has 5 nitrogen and oxygen atoms in total. The van der Waals surface area contributed by atoms with Crippen LogP contribution in [0.3, 0.4) is 0 Å². The number of methoxy groups -OCH3 is 3. The lowest BCUT2D eigenvalue weighted by atomic mass is 10.1. The second-order valence-corrected chi connectivity index (χ2v) is 5.48. The summed E-state index contributed by atoms with van der Waals surface area (Å²) in [6.45, 7) is 2.67.